The van der Waals surface area contributed by atoms with Crippen LogP contribution >= 0.6 is 11.3 Å². The van der Waals surface area contributed by atoms with E-state index >= 15 is 0 Å². The van der Waals surface area contributed by atoms with Gasteiger partial charge in [-0.3, -0.25) is 0 Å². The molecule has 0 fully saturated rings. The smallest absolute Gasteiger partial charge is 0.165 e. The lowest BCUT2D eigenvalue weighted by molar-refractivity contribution is 0.0740. The molecule has 1 atom stereocenters. The molecule has 3 aromatic rings. The summed E-state index contributed by atoms with van der Waals surface area (Å²) in [6.45, 7) is 5.23. The molecule has 3 aliphatic heterocycles. The number of fused-ring (bicyclic) bond motifs is 7. The maximum absolute atomic E-state index is 6.26. The van der Waals surface area contributed by atoms with Crippen LogP contribution in [0, 0.1) is 0 Å². The molecule has 3 aliphatic rings. The van der Waals surface area contributed by atoms with Crippen molar-refractivity contribution in [3.8, 4) is 17.2 Å². The minimum Gasteiger partial charge on any atom is -0.492 e. The van der Waals surface area contributed by atoms with Crippen molar-refractivity contribution in [1.82, 2.24) is 4.98 Å². The van der Waals surface area contributed by atoms with Gasteiger partial charge in [0.05, 0.1) is 41.0 Å². The summed E-state index contributed by atoms with van der Waals surface area (Å²) in [4.78, 5) is 6.99. The zero-order valence-corrected chi connectivity index (χ0v) is 18.2. The fraction of sp³-hybridized carbons (Fsp3) is 0.435. The Morgan fingerprint density at radius 3 is 2.81 bits per heavy atom. The average molecular weight is 441 g/mol. The molecule has 1 aromatic heterocycles. The summed E-state index contributed by atoms with van der Waals surface area (Å²) in [5, 5.41) is 0. The normalized spacial score (nSPS) is 20.9. The Kier molecular flexibility index (Phi) is 4.66. The molecule has 0 aliphatic carbocycles. The Balaban J connectivity index is 1.42. The summed E-state index contributed by atoms with van der Waals surface area (Å²) in [5.41, 5.74) is 6.40. The first-order chi connectivity index (χ1) is 15.3. The Bertz CT molecular complexity index is 1130. The largest absolute Gasteiger partial charge is 0.492 e. The van der Waals surface area contributed by atoms with Gasteiger partial charge in [-0.05, 0) is 18.2 Å². The van der Waals surface area contributed by atoms with Crippen molar-refractivity contribution in [1.29, 1.82) is 0 Å². The Hall–Kier alpha value is -2.55. The monoisotopic (exact) mass is 440 g/mol. The molecular weight excluding hydrogens is 416 g/mol. The predicted octanol–water partition coefficient (Wildman–Crippen LogP) is 3.23. The van der Waals surface area contributed by atoms with Crippen LogP contribution < -0.4 is 19.1 Å². The van der Waals surface area contributed by atoms with Crippen molar-refractivity contribution in [2.45, 2.75) is 5.41 Å². The second kappa shape index (κ2) is 7.55. The highest BCUT2D eigenvalue weighted by molar-refractivity contribution is 7.17. The van der Waals surface area contributed by atoms with E-state index in [1.807, 2.05) is 11.6 Å². The fourth-order valence-electron chi connectivity index (χ4n) is 4.93. The summed E-state index contributed by atoms with van der Waals surface area (Å²) in [6.07, 6.45) is 0. The van der Waals surface area contributed by atoms with Crippen molar-refractivity contribution in [2.75, 3.05) is 64.7 Å². The van der Waals surface area contributed by atoms with Gasteiger partial charge in [-0.2, -0.15) is 0 Å². The fourth-order valence-corrected chi connectivity index (χ4v) is 5.86. The van der Waals surface area contributed by atoms with Crippen LogP contribution in [0.4, 0.5) is 5.69 Å². The molecule has 4 heterocycles. The number of hydrogen-bond acceptors (Lipinski definition) is 8. The third-order valence-electron chi connectivity index (χ3n) is 6.33. The van der Waals surface area contributed by atoms with Gasteiger partial charge in [0, 0.05) is 43.1 Å². The zero-order valence-electron chi connectivity index (χ0n) is 17.4. The highest BCUT2D eigenvalue weighted by Crippen LogP contribution is 2.56. The third kappa shape index (κ3) is 2.96. The van der Waals surface area contributed by atoms with Crippen LogP contribution in [0.3, 0.4) is 0 Å². The van der Waals surface area contributed by atoms with Crippen LogP contribution in [-0.4, -0.2) is 64.8 Å². The molecule has 162 valence electrons. The van der Waals surface area contributed by atoms with Crippen LogP contribution in [0.2, 0.25) is 0 Å². The minimum atomic E-state index is -0.265. The number of thiazole rings is 1. The van der Waals surface area contributed by atoms with E-state index in [4.69, 9.17) is 23.7 Å². The number of ether oxygens (including phenoxy) is 5. The molecule has 7 nitrogen and oxygen atoms in total. The van der Waals surface area contributed by atoms with E-state index in [2.05, 4.69) is 28.1 Å². The molecule has 0 N–H and O–H groups in total. The zero-order chi connectivity index (χ0) is 20.8. The molecule has 0 bridgehead atoms. The Labute approximate surface area is 184 Å². The van der Waals surface area contributed by atoms with E-state index < -0.39 is 0 Å². The molecule has 8 heteroatoms. The molecule has 0 saturated carbocycles. The van der Waals surface area contributed by atoms with Crippen LogP contribution in [0.5, 0.6) is 17.2 Å². The van der Waals surface area contributed by atoms with Gasteiger partial charge >= 0.3 is 0 Å². The van der Waals surface area contributed by atoms with Gasteiger partial charge < -0.3 is 28.6 Å². The molecule has 31 heavy (non-hydrogen) atoms. The summed E-state index contributed by atoms with van der Waals surface area (Å²) in [5.74, 6) is 2.45. The van der Waals surface area contributed by atoms with Gasteiger partial charge in [0.1, 0.15) is 25.6 Å². The molecular formula is C23H24N2O5S. The average Bonchev–Trinajstić information content (AvgIpc) is 3.49. The number of nitrogens with zero attached hydrogens (tertiary/aromatic N) is 2. The maximum atomic E-state index is 6.26. The van der Waals surface area contributed by atoms with Gasteiger partial charge in [-0.25, -0.2) is 4.98 Å². The summed E-state index contributed by atoms with van der Waals surface area (Å²) >= 11 is 1.70. The highest BCUT2D eigenvalue weighted by Gasteiger charge is 2.51. The third-order valence-corrected chi connectivity index (χ3v) is 7.19. The van der Waals surface area contributed by atoms with Crippen molar-refractivity contribution < 1.29 is 23.7 Å². The van der Waals surface area contributed by atoms with Gasteiger partial charge in [0.2, 0.25) is 0 Å². The van der Waals surface area contributed by atoms with Crippen molar-refractivity contribution in [3.05, 3.63) is 40.9 Å². The second-order valence-corrected chi connectivity index (χ2v) is 8.90. The first-order valence-corrected chi connectivity index (χ1v) is 11.4. The standard InChI is InChI=1S/C23H24N2O5S/c1-26-6-7-27-5-4-25-12-23(21-17(25)3-2-16-22(21)31-14-24-16)13-30-18-11-20-19(10-15(18)23)28-8-9-29-20/h2-3,10-11,14H,4-9,12-13H2,1H3. The number of aromatic nitrogens is 1. The molecule has 0 radical (unpaired) electrons. The van der Waals surface area contributed by atoms with Crippen LogP contribution in [-0.2, 0) is 14.9 Å². The van der Waals surface area contributed by atoms with E-state index in [9.17, 15) is 0 Å². The van der Waals surface area contributed by atoms with Crippen LogP contribution in [0.25, 0.3) is 10.2 Å². The van der Waals surface area contributed by atoms with E-state index in [0.717, 1.165) is 35.9 Å². The SMILES string of the molecule is COCCOCCN1CC2(COc3cc4c(cc32)OCCO4)c2c1ccc1ncsc21. The number of anilines is 1. The van der Waals surface area contributed by atoms with E-state index in [1.165, 1.54) is 21.5 Å². The van der Waals surface area contributed by atoms with Gasteiger partial charge in [0.15, 0.2) is 11.5 Å². The summed E-state index contributed by atoms with van der Waals surface area (Å²) in [6, 6.07) is 8.42. The lowest BCUT2D eigenvalue weighted by Crippen LogP contribution is -2.37. The van der Waals surface area contributed by atoms with E-state index in [0.29, 0.717) is 39.6 Å². The van der Waals surface area contributed by atoms with Gasteiger partial charge in [-0.1, -0.05) is 0 Å². The van der Waals surface area contributed by atoms with Crippen molar-refractivity contribution in [2.24, 2.45) is 0 Å². The topological polar surface area (TPSA) is 62.3 Å². The van der Waals surface area contributed by atoms with Crippen molar-refractivity contribution >= 4 is 27.2 Å². The van der Waals surface area contributed by atoms with Crippen LogP contribution in [0.15, 0.2) is 29.8 Å². The lowest BCUT2D eigenvalue weighted by Gasteiger charge is -2.26. The first-order valence-electron chi connectivity index (χ1n) is 10.6. The predicted molar refractivity (Wildman–Crippen MR) is 118 cm³/mol. The number of methoxy groups -OCH3 is 1. The quantitative estimate of drug-likeness (QED) is 0.546. The highest BCUT2D eigenvalue weighted by atomic mass is 32.1. The minimum absolute atomic E-state index is 0.265. The molecule has 0 amide bonds. The maximum Gasteiger partial charge on any atom is 0.165 e. The molecule has 1 spiro atoms. The number of rotatable bonds is 6. The lowest BCUT2D eigenvalue weighted by atomic mass is 9.77. The Morgan fingerprint density at radius 2 is 1.94 bits per heavy atom. The Morgan fingerprint density at radius 1 is 1.06 bits per heavy atom. The number of benzene rings is 2. The van der Waals surface area contributed by atoms with Gasteiger partial charge in [0.25, 0.3) is 0 Å². The first kappa shape index (κ1) is 19.2. The number of hydrogen-bond donors (Lipinski definition) is 0. The second-order valence-electron chi connectivity index (χ2n) is 8.05. The molecule has 0 saturated heterocycles. The van der Waals surface area contributed by atoms with E-state index in [-0.39, 0.29) is 5.41 Å². The summed E-state index contributed by atoms with van der Waals surface area (Å²) < 4.78 is 30.0. The van der Waals surface area contributed by atoms with E-state index in [1.54, 1.807) is 18.4 Å². The molecule has 2 aromatic carbocycles. The summed E-state index contributed by atoms with van der Waals surface area (Å²) in [7, 11) is 1.69. The van der Waals surface area contributed by atoms with Gasteiger partial charge in [-0.15, -0.1) is 11.3 Å². The molecule has 1 unspecified atom stereocenters. The van der Waals surface area contributed by atoms with Crippen LogP contribution in [0.1, 0.15) is 11.1 Å². The van der Waals surface area contributed by atoms with Crippen molar-refractivity contribution in [3.63, 3.8) is 0 Å². The molecule has 6 rings (SSSR count).